The molecule has 2 aromatic rings. The maximum Gasteiger partial charge on any atom is 0.271 e. The molecule has 2 aromatic carbocycles. The lowest BCUT2D eigenvalue weighted by molar-refractivity contribution is 0.0773. The molecule has 0 saturated carbocycles. The summed E-state index contributed by atoms with van der Waals surface area (Å²) in [4.78, 5) is 13.5. The monoisotopic (exact) mass is 423 g/mol. The number of amides is 1. The molecule has 0 aliphatic carbocycles. The van der Waals surface area contributed by atoms with E-state index in [1.165, 1.54) is 0 Å². The van der Waals surface area contributed by atoms with Crippen LogP contribution in [0.3, 0.4) is 0 Å². The summed E-state index contributed by atoms with van der Waals surface area (Å²) in [6.07, 6.45) is 0. The minimum absolute atomic E-state index is 0.281. The van der Waals surface area contributed by atoms with Crippen LogP contribution in [0.2, 0.25) is 10.0 Å². The number of hydrogen-bond acceptors (Lipinski definition) is 5. The average Bonchev–Trinajstić information content (AvgIpc) is 2.68. The van der Waals surface area contributed by atoms with Gasteiger partial charge in [-0.05, 0) is 55.3 Å². The second-order valence-electron chi connectivity index (χ2n) is 5.92. The summed E-state index contributed by atoms with van der Waals surface area (Å²) in [5, 5.41) is 5.24. The lowest BCUT2D eigenvalue weighted by atomic mass is 10.1. The fraction of sp³-hybridized carbons (Fsp3) is 0.263. The van der Waals surface area contributed by atoms with Gasteiger partial charge in [0.2, 0.25) is 0 Å². The Hall–Kier alpha value is -1.57. The second kappa shape index (κ2) is 9.57. The number of benzene rings is 2. The minimum Gasteiger partial charge on any atom is -0.379 e. The van der Waals surface area contributed by atoms with E-state index in [-0.39, 0.29) is 5.91 Å². The van der Waals surface area contributed by atoms with E-state index >= 15 is 0 Å². The SMILES string of the molecule is C/C(=N\NC(=O)c1cccc(SN2CCOCC2)c1)c1cc(Cl)ccc1Cl. The molecule has 1 heterocycles. The van der Waals surface area contributed by atoms with Crippen LogP contribution in [0.15, 0.2) is 52.5 Å². The standard InChI is InChI=1S/C19H19Cl2N3O2S/c1-13(17-12-15(20)5-6-18(17)21)22-23-19(25)14-3-2-4-16(11-14)27-24-7-9-26-10-8-24/h2-6,11-12H,7-10H2,1H3,(H,23,25)/b22-13+. The Labute approximate surface area is 172 Å². The fourth-order valence-corrected chi connectivity index (χ4v) is 3.89. The first-order valence-electron chi connectivity index (χ1n) is 8.44. The molecule has 0 unspecified atom stereocenters. The smallest absolute Gasteiger partial charge is 0.271 e. The van der Waals surface area contributed by atoms with Crippen LogP contribution in [0.25, 0.3) is 0 Å². The highest BCUT2D eigenvalue weighted by molar-refractivity contribution is 7.97. The van der Waals surface area contributed by atoms with Crippen molar-refractivity contribution in [3.63, 3.8) is 0 Å². The number of rotatable bonds is 5. The van der Waals surface area contributed by atoms with E-state index in [4.69, 9.17) is 27.9 Å². The van der Waals surface area contributed by atoms with Crippen LogP contribution in [0.1, 0.15) is 22.8 Å². The molecular weight excluding hydrogens is 405 g/mol. The summed E-state index contributed by atoms with van der Waals surface area (Å²) >= 11 is 13.8. The first kappa shape index (κ1) is 20.2. The molecule has 3 rings (SSSR count). The third-order valence-corrected chi connectivity index (χ3v) is 5.60. The van der Waals surface area contributed by atoms with Crippen LogP contribution >= 0.6 is 35.1 Å². The number of morpholine rings is 1. The predicted octanol–water partition coefficient (Wildman–Crippen LogP) is 4.49. The third-order valence-electron chi connectivity index (χ3n) is 3.94. The number of hydrazone groups is 1. The van der Waals surface area contributed by atoms with Gasteiger partial charge in [-0.2, -0.15) is 5.10 Å². The van der Waals surface area contributed by atoms with Crippen molar-refractivity contribution in [3.05, 3.63) is 63.6 Å². The number of ether oxygens (including phenoxy) is 1. The summed E-state index contributed by atoms with van der Waals surface area (Å²) in [6, 6.07) is 12.6. The van der Waals surface area contributed by atoms with Crippen LogP contribution in [0, 0.1) is 0 Å². The molecule has 142 valence electrons. The second-order valence-corrected chi connectivity index (χ2v) is 7.94. The Kier molecular flexibility index (Phi) is 7.15. The molecule has 0 atom stereocenters. The number of nitrogens with one attached hydrogen (secondary N) is 1. The molecular formula is C19H19Cl2N3O2S. The Bertz CT molecular complexity index is 855. The molecule has 0 aromatic heterocycles. The Morgan fingerprint density at radius 1 is 1.19 bits per heavy atom. The first-order chi connectivity index (χ1) is 13.0. The zero-order chi connectivity index (χ0) is 19.2. The van der Waals surface area contributed by atoms with Gasteiger partial charge >= 0.3 is 0 Å². The molecule has 0 bridgehead atoms. The van der Waals surface area contributed by atoms with Crippen LogP contribution in [-0.4, -0.2) is 42.2 Å². The highest BCUT2D eigenvalue weighted by atomic mass is 35.5. The fourth-order valence-electron chi connectivity index (χ4n) is 2.52. The predicted molar refractivity (Wildman–Crippen MR) is 111 cm³/mol. The van der Waals surface area contributed by atoms with Gasteiger partial charge in [0.15, 0.2) is 0 Å². The molecule has 8 heteroatoms. The summed E-state index contributed by atoms with van der Waals surface area (Å²) in [7, 11) is 0. The summed E-state index contributed by atoms with van der Waals surface area (Å²) in [5.41, 5.74) is 4.38. The number of carbonyl (C=O) groups is 1. The van der Waals surface area contributed by atoms with Gasteiger partial charge in [0.25, 0.3) is 5.91 Å². The quantitative estimate of drug-likeness (QED) is 0.437. The Balaban J connectivity index is 1.67. The first-order valence-corrected chi connectivity index (χ1v) is 9.96. The van der Waals surface area contributed by atoms with Gasteiger partial charge in [-0.25, -0.2) is 9.73 Å². The van der Waals surface area contributed by atoms with Crippen LogP contribution in [0.5, 0.6) is 0 Å². The van der Waals surface area contributed by atoms with E-state index in [2.05, 4.69) is 14.8 Å². The van der Waals surface area contributed by atoms with E-state index < -0.39 is 0 Å². The Morgan fingerprint density at radius 3 is 2.74 bits per heavy atom. The zero-order valence-corrected chi connectivity index (χ0v) is 17.1. The van der Waals surface area contributed by atoms with Crippen molar-refractivity contribution in [2.24, 2.45) is 5.10 Å². The highest BCUT2D eigenvalue weighted by Crippen LogP contribution is 2.24. The molecule has 27 heavy (non-hydrogen) atoms. The van der Waals surface area contributed by atoms with E-state index in [1.54, 1.807) is 43.1 Å². The van der Waals surface area contributed by atoms with Gasteiger partial charge < -0.3 is 4.74 Å². The number of carbonyl (C=O) groups excluding carboxylic acids is 1. The summed E-state index contributed by atoms with van der Waals surface area (Å²) in [6.45, 7) is 4.96. The maximum absolute atomic E-state index is 12.5. The number of halogens is 2. The van der Waals surface area contributed by atoms with Crippen molar-refractivity contribution in [3.8, 4) is 0 Å². The van der Waals surface area contributed by atoms with Gasteiger partial charge in [0.05, 0.1) is 18.9 Å². The van der Waals surface area contributed by atoms with Crippen molar-refractivity contribution < 1.29 is 9.53 Å². The van der Waals surface area contributed by atoms with E-state index in [0.29, 0.717) is 26.9 Å². The van der Waals surface area contributed by atoms with Crippen LogP contribution in [-0.2, 0) is 4.74 Å². The molecule has 1 amide bonds. The van der Waals surface area contributed by atoms with Crippen LogP contribution < -0.4 is 5.43 Å². The molecule has 1 N–H and O–H groups in total. The molecule has 0 radical (unpaired) electrons. The van der Waals surface area contributed by atoms with Crippen molar-refractivity contribution in [2.45, 2.75) is 11.8 Å². The van der Waals surface area contributed by atoms with Gasteiger partial charge in [-0.3, -0.25) is 4.79 Å². The van der Waals surface area contributed by atoms with E-state index in [0.717, 1.165) is 31.2 Å². The maximum atomic E-state index is 12.5. The summed E-state index contributed by atoms with van der Waals surface area (Å²) < 4.78 is 7.58. The van der Waals surface area contributed by atoms with Crippen molar-refractivity contribution >= 4 is 46.8 Å². The Morgan fingerprint density at radius 2 is 1.96 bits per heavy atom. The van der Waals surface area contributed by atoms with Gasteiger partial charge in [-0.1, -0.05) is 29.3 Å². The van der Waals surface area contributed by atoms with E-state index in [1.807, 2.05) is 18.2 Å². The molecule has 1 aliphatic rings. The molecule has 5 nitrogen and oxygen atoms in total. The van der Waals surface area contributed by atoms with Crippen molar-refractivity contribution in [1.82, 2.24) is 9.73 Å². The van der Waals surface area contributed by atoms with Gasteiger partial charge in [0, 0.05) is 39.2 Å². The van der Waals surface area contributed by atoms with Crippen molar-refractivity contribution in [1.29, 1.82) is 0 Å². The van der Waals surface area contributed by atoms with Crippen LogP contribution in [0.4, 0.5) is 0 Å². The molecule has 0 spiro atoms. The minimum atomic E-state index is -0.281. The normalized spacial score (nSPS) is 15.6. The number of nitrogens with zero attached hydrogens (tertiary/aromatic N) is 2. The molecule has 1 fully saturated rings. The lowest BCUT2D eigenvalue weighted by Crippen LogP contribution is -2.30. The van der Waals surface area contributed by atoms with Gasteiger partial charge in [0.1, 0.15) is 0 Å². The largest absolute Gasteiger partial charge is 0.379 e. The molecule has 1 saturated heterocycles. The lowest BCUT2D eigenvalue weighted by Gasteiger charge is -2.25. The van der Waals surface area contributed by atoms with Gasteiger partial charge in [-0.15, -0.1) is 0 Å². The third kappa shape index (κ3) is 5.70. The topological polar surface area (TPSA) is 53.9 Å². The highest BCUT2D eigenvalue weighted by Gasteiger charge is 2.13. The zero-order valence-electron chi connectivity index (χ0n) is 14.7. The number of hydrogen-bond donors (Lipinski definition) is 1. The molecule has 1 aliphatic heterocycles. The van der Waals surface area contributed by atoms with E-state index in [9.17, 15) is 4.79 Å². The average molecular weight is 424 g/mol. The van der Waals surface area contributed by atoms with Crippen molar-refractivity contribution in [2.75, 3.05) is 26.3 Å². The summed E-state index contributed by atoms with van der Waals surface area (Å²) in [5.74, 6) is -0.281.